The van der Waals surface area contributed by atoms with Gasteiger partial charge in [-0.25, -0.2) is 4.99 Å². The summed E-state index contributed by atoms with van der Waals surface area (Å²) in [6.07, 6.45) is 1.65. The Bertz CT molecular complexity index is 1210. The van der Waals surface area contributed by atoms with Gasteiger partial charge in [0.1, 0.15) is 11.5 Å². The first-order chi connectivity index (χ1) is 14.4. The molecule has 1 aromatic heterocycles. The largest absolute Gasteiger partial charge is 0.457 e. The van der Waals surface area contributed by atoms with E-state index < -0.39 is 4.92 Å². The molecule has 1 amide bonds. The average molecular weight is 419 g/mol. The second-order valence-corrected chi connectivity index (χ2v) is 7.81. The third-order valence-electron chi connectivity index (χ3n) is 4.50. The quantitative estimate of drug-likeness (QED) is 0.349. The number of furan rings is 1. The lowest BCUT2D eigenvalue weighted by Crippen LogP contribution is -2.19. The van der Waals surface area contributed by atoms with Gasteiger partial charge >= 0.3 is 0 Å². The maximum Gasteiger partial charge on any atom is 0.269 e. The Morgan fingerprint density at radius 2 is 1.87 bits per heavy atom. The Morgan fingerprint density at radius 1 is 1.10 bits per heavy atom. The van der Waals surface area contributed by atoms with E-state index in [0.717, 1.165) is 16.8 Å². The van der Waals surface area contributed by atoms with E-state index in [4.69, 9.17) is 4.42 Å². The van der Waals surface area contributed by atoms with Crippen molar-refractivity contribution in [1.82, 2.24) is 5.32 Å². The zero-order valence-electron chi connectivity index (χ0n) is 16.2. The summed E-state index contributed by atoms with van der Waals surface area (Å²) < 4.78 is 5.79. The third-order valence-corrected chi connectivity index (χ3v) is 5.41. The van der Waals surface area contributed by atoms with Gasteiger partial charge in [-0.3, -0.25) is 14.9 Å². The van der Waals surface area contributed by atoms with Gasteiger partial charge in [-0.1, -0.05) is 12.1 Å². The lowest BCUT2D eigenvalue weighted by Gasteiger charge is -2.02. The molecule has 1 saturated heterocycles. The van der Waals surface area contributed by atoms with E-state index in [1.165, 1.54) is 23.9 Å². The van der Waals surface area contributed by atoms with E-state index in [2.05, 4.69) is 10.3 Å². The number of non-ortho nitro benzene ring substituents is 1. The minimum atomic E-state index is -0.449. The summed E-state index contributed by atoms with van der Waals surface area (Å²) in [6.45, 7) is 3.97. The molecule has 0 unspecified atom stereocenters. The zero-order chi connectivity index (χ0) is 21.3. The zero-order valence-corrected chi connectivity index (χ0v) is 17.0. The number of hydrogen-bond donors (Lipinski definition) is 1. The van der Waals surface area contributed by atoms with Crippen LogP contribution in [0.2, 0.25) is 0 Å². The lowest BCUT2D eigenvalue weighted by molar-refractivity contribution is -0.384. The molecule has 0 spiro atoms. The molecule has 1 aliphatic rings. The number of aryl methyl sites for hydroxylation is 2. The summed E-state index contributed by atoms with van der Waals surface area (Å²) in [6, 6.07) is 15.6. The molecule has 2 aromatic carbocycles. The van der Waals surface area contributed by atoms with Crippen molar-refractivity contribution in [2.75, 3.05) is 0 Å². The van der Waals surface area contributed by atoms with Gasteiger partial charge in [0.15, 0.2) is 5.17 Å². The number of aliphatic imine (C=N–C) groups is 1. The molecule has 0 saturated carbocycles. The van der Waals surface area contributed by atoms with Crippen molar-refractivity contribution in [3.05, 3.63) is 86.5 Å². The van der Waals surface area contributed by atoms with Crippen LogP contribution in [0.4, 0.5) is 11.4 Å². The highest BCUT2D eigenvalue weighted by atomic mass is 32.2. The summed E-state index contributed by atoms with van der Waals surface area (Å²) in [5.74, 6) is 0.829. The van der Waals surface area contributed by atoms with Gasteiger partial charge in [-0.2, -0.15) is 0 Å². The monoisotopic (exact) mass is 419 g/mol. The SMILES string of the molecule is Cc1ccc(C)c(N=C2NC(=O)/C(=C\c3ccc(-c4ccc([N+](=O)[O-])cc4)o3)S2)c1. The van der Waals surface area contributed by atoms with E-state index in [0.29, 0.717) is 27.2 Å². The van der Waals surface area contributed by atoms with Crippen LogP contribution in [-0.2, 0) is 4.79 Å². The van der Waals surface area contributed by atoms with Crippen molar-refractivity contribution in [2.24, 2.45) is 4.99 Å². The number of nitrogens with one attached hydrogen (secondary N) is 1. The minimum absolute atomic E-state index is 0.0161. The molecule has 1 aliphatic heterocycles. The van der Waals surface area contributed by atoms with E-state index in [-0.39, 0.29) is 11.6 Å². The molecule has 0 aliphatic carbocycles. The maximum absolute atomic E-state index is 12.3. The lowest BCUT2D eigenvalue weighted by atomic mass is 10.1. The minimum Gasteiger partial charge on any atom is -0.457 e. The van der Waals surface area contributed by atoms with Crippen LogP contribution in [0.15, 0.2) is 68.9 Å². The van der Waals surface area contributed by atoms with Crippen LogP contribution >= 0.6 is 11.8 Å². The van der Waals surface area contributed by atoms with Crippen LogP contribution in [0.5, 0.6) is 0 Å². The highest BCUT2D eigenvalue weighted by Crippen LogP contribution is 2.31. The Morgan fingerprint density at radius 3 is 2.60 bits per heavy atom. The molecular weight excluding hydrogens is 402 g/mol. The Hall–Kier alpha value is -3.65. The fourth-order valence-electron chi connectivity index (χ4n) is 2.89. The van der Waals surface area contributed by atoms with Crippen LogP contribution in [-0.4, -0.2) is 16.0 Å². The Balaban J connectivity index is 1.54. The number of amidine groups is 1. The van der Waals surface area contributed by atoms with Gasteiger partial charge in [0.2, 0.25) is 0 Å². The molecule has 3 aromatic rings. The van der Waals surface area contributed by atoms with E-state index in [1.807, 2.05) is 32.0 Å². The molecular formula is C22H17N3O4S. The molecule has 0 bridgehead atoms. The third kappa shape index (κ3) is 4.18. The number of nitro benzene ring substituents is 1. The van der Waals surface area contributed by atoms with Crippen molar-refractivity contribution in [1.29, 1.82) is 0 Å². The molecule has 4 rings (SSSR count). The second kappa shape index (κ2) is 8.00. The van der Waals surface area contributed by atoms with E-state index in [1.54, 1.807) is 30.3 Å². The number of hydrogen-bond acceptors (Lipinski definition) is 6. The molecule has 1 fully saturated rings. The van der Waals surface area contributed by atoms with Gasteiger partial charge in [0.05, 0.1) is 15.5 Å². The predicted octanol–water partition coefficient (Wildman–Crippen LogP) is 5.36. The number of amides is 1. The molecule has 2 heterocycles. The first-order valence-corrected chi connectivity index (χ1v) is 9.92. The van der Waals surface area contributed by atoms with Gasteiger partial charge in [-0.15, -0.1) is 0 Å². The summed E-state index contributed by atoms with van der Waals surface area (Å²) in [7, 11) is 0. The van der Waals surface area contributed by atoms with E-state index in [9.17, 15) is 14.9 Å². The molecule has 0 atom stereocenters. The molecule has 7 nitrogen and oxygen atoms in total. The average Bonchev–Trinajstić information content (AvgIpc) is 3.32. The molecule has 150 valence electrons. The summed E-state index contributed by atoms with van der Waals surface area (Å²) in [4.78, 5) is 27.7. The van der Waals surface area contributed by atoms with Gasteiger partial charge < -0.3 is 9.73 Å². The first-order valence-electron chi connectivity index (χ1n) is 9.10. The number of carbonyl (C=O) groups is 1. The molecule has 30 heavy (non-hydrogen) atoms. The standard InChI is InChI=1S/C22H17N3O4S/c1-13-3-4-14(2)18(11-13)23-22-24-21(26)20(30-22)12-17-9-10-19(29-17)15-5-7-16(8-6-15)25(27)28/h3-12H,1-2H3,(H,23,24,26)/b20-12+. The maximum atomic E-state index is 12.3. The van der Waals surface area contributed by atoms with Crippen molar-refractivity contribution in [3.8, 4) is 11.3 Å². The number of rotatable bonds is 4. The van der Waals surface area contributed by atoms with Crippen LogP contribution in [0.25, 0.3) is 17.4 Å². The van der Waals surface area contributed by atoms with Gasteiger partial charge in [0.25, 0.3) is 11.6 Å². The van der Waals surface area contributed by atoms with Crippen LogP contribution in [0, 0.1) is 24.0 Å². The summed E-state index contributed by atoms with van der Waals surface area (Å²) >= 11 is 1.25. The highest BCUT2D eigenvalue weighted by Gasteiger charge is 2.24. The van der Waals surface area contributed by atoms with Crippen molar-refractivity contribution in [3.63, 3.8) is 0 Å². The number of nitrogens with zero attached hydrogens (tertiary/aromatic N) is 2. The highest BCUT2D eigenvalue weighted by molar-refractivity contribution is 8.18. The fraction of sp³-hybridized carbons (Fsp3) is 0.0909. The molecule has 8 heteroatoms. The van der Waals surface area contributed by atoms with Crippen LogP contribution in [0.3, 0.4) is 0 Å². The Kier molecular flexibility index (Phi) is 5.24. The van der Waals surface area contributed by atoms with Crippen molar-refractivity contribution < 1.29 is 14.1 Å². The second-order valence-electron chi connectivity index (χ2n) is 6.78. The van der Waals surface area contributed by atoms with Crippen LogP contribution < -0.4 is 5.32 Å². The van der Waals surface area contributed by atoms with Crippen molar-refractivity contribution in [2.45, 2.75) is 13.8 Å². The van der Waals surface area contributed by atoms with Gasteiger partial charge in [0, 0.05) is 23.8 Å². The summed E-state index contributed by atoms with van der Waals surface area (Å²) in [5.41, 5.74) is 3.67. The predicted molar refractivity (Wildman–Crippen MR) is 118 cm³/mol. The normalized spacial score (nSPS) is 16.3. The number of thioether (sulfide) groups is 1. The first kappa shape index (κ1) is 19.7. The summed E-state index contributed by atoms with van der Waals surface area (Å²) in [5, 5.41) is 14.1. The fourth-order valence-corrected chi connectivity index (χ4v) is 3.71. The number of carbonyl (C=O) groups excluding carboxylic acids is 1. The number of benzene rings is 2. The van der Waals surface area contributed by atoms with Gasteiger partial charge in [-0.05, 0) is 67.1 Å². The molecule has 0 radical (unpaired) electrons. The van der Waals surface area contributed by atoms with Crippen molar-refractivity contribution >= 4 is 40.3 Å². The smallest absolute Gasteiger partial charge is 0.269 e. The molecule has 1 N–H and O–H groups in total. The topological polar surface area (TPSA) is 97.7 Å². The Labute approximate surface area is 176 Å². The van der Waals surface area contributed by atoms with E-state index >= 15 is 0 Å². The van der Waals surface area contributed by atoms with Crippen LogP contribution in [0.1, 0.15) is 16.9 Å². The number of nitro groups is 1.